The molecule has 0 radical (unpaired) electrons. The third-order valence-electron chi connectivity index (χ3n) is 2.76. The molecule has 1 aromatic rings. The van der Waals surface area contributed by atoms with Gasteiger partial charge in [0.2, 0.25) is 0 Å². The second-order valence-electron chi connectivity index (χ2n) is 4.20. The van der Waals surface area contributed by atoms with Crippen LogP contribution in [0, 0.1) is 10.8 Å². The van der Waals surface area contributed by atoms with Gasteiger partial charge in [0.1, 0.15) is 12.8 Å². The molecule has 1 amide bonds. The van der Waals surface area contributed by atoms with Crippen LogP contribution in [0.4, 0.5) is 4.39 Å². The average molecular weight is 366 g/mol. The van der Waals surface area contributed by atoms with Crippen LogP contribution in [0.2, 0.25) is 0 Å². The van der Waals surface area contributed by atoms with Gasteiger partial charge in [-0.2, -0.15) is 0 Å². The first-order valence-corrected chi connectivity index (χ1v) is 7.83. The lowest BCUT2D eigenvalue weighted by atomic mass is 10.0. The lowest BCUT2D eigenvalue weighted by molar-refractivity contribution is -0.121. The summed E-state index contributed by atoms with van der Waals surface area (Å²) in [5, 5.41) is 27.1. The first kappa shape index (κ1) is 18.9. The van der Waals surface area contributed by atoms with Gasteiger partial charge >= 0.3 is 0 Å². The smallest absolute Gasteiger partial charge is 0.253 e. The quantitative estimate of drug-likeness (QED) is 0.339. The third kappa shape index (κ3) is 5.24. The fraction of sp³-hybridized carbons (Fsp3) is 0.308. The highest BCUT2D eigenvalue weighted by Crippen LogP contribution is 2.20. The van der Waals surface area contributed by atoms with E-state index in [1.807, 2.05) is 0 Å². The van der Waals surface area contributed by atoms with Gasteiger partial charge in [0.05, 0.1) is 16.6 Å². The summed E-state index contributed by atoms with van der Waals surface area (Å²) in [7, 11) is 0. The molecule has 0 fully saturated rings. The zero-order valence-corrected chi connectivity index (χ0v) is 13.6. The molecule has 22 heavy (non-hydrogen) atoms. The summed E-state index contributed by atoms with van der Waals surface area (Å²) in [6, 6.07) is 5.01. The number of nitrogens with one attached hydrogen (secondary N) is 3. The minimum atomic E-state index is -1.35. The Hall–Kier alpha value is -1.15. The van der Waals surface area contributed by atoms with E-state index in [4.69, 9.17) is 34.0 Å². The Bertz CT molecular complexity index is 543. The van der Waals surface area contributed by atoms with Crippen LogP contribution in [-0.4, -0.2) is 39.2 Å². The summed E-state index contributed by atoms with van der Waals surface area (Å²) >= 11 is 11.7. The van der Waals surface area contributed by atoms with Crippen LogP contribution in [0.5, 0.6) is 0 Å². The highest BCUT2D eigenvalue weighted by atomic mass is 35.5. The number of halogens is 3. The molecule has 0 bridgehead atoms. The molecule has 0 aliphatic heterocycles. The van der Waals surface area contributed by atoms with Crippen LogP contribution in [0.3, 0.4) is 0 Å². The van der Waals surface area contributed by atoms with Gasteiger partial charge in [-0.1, -0.05) is 59.2 Å². The van der Waals surface area contributed by atoms with Crippen LogP contribution in [-0.2, 0) is 4.79 Å². The second-order valence-corrected chi connectivity index (χ2v) is 6.18. The van der Waals surface area contributed by atoms with E-state index in [0.29, 0.717) is 11.1 Å². The van der Waals surface area contributed by atoms with Crippen molar-refractivity contribution >= 4 is 51.5 Å². The minimum absolute atomic E-state index is 0.179. The number of benzene rings is 1. The van der Waals surface area contributed by atoms with Crippen molar-refractivity contribution in [3.8, 4) is 0 Å². The molecule has 0 saturated heterocycles. The highest BCUT2D eigenvalue weighted by Gasteiger charge is 2.25. The second kappa shape index (κ2) is 9.09. The van der Waals surface area contributed by atoms with Gasteiger partial charge in [0.15, 0.2) is 4.84 Å². The number of thioether (sulfide) groups is 1. The number of hydrogen-bond donors (Lipinski definition) is 4. The van der Waals surface area contributed by atoms with Crippen LogP contribution in [0.15, 0.2) is 24.3 Å². The maximum atomic E-state index is 13.0. The molecule has 2 atom stereocenters. The van der Waals surface area contributed by atoms with E-state index in [1.165, 1.54) is 12.1 Å². The zero-order chi connectivity index (χ0) is 16.7. The molecular weight excluding hydrogens is 352 g/mol. The van der Waals surface area contributed by atoms with Gasteiger partial charge in [0.25, 0.3) is 5.91 Å². The van der Waals surface area contributed by atoms with Crippen molar-refractivity contribution in [1.29, 1.82) is 10.8 Å². The highest BCUT2D eigenvalue weighted by molar-refractivity contribution is 8.25. The number of carbonyl (C=O) groups excluding carboxylic acids is 1. The number of aliphatic hydroxyl groups excluding tert-OH is 1. The number of amides is 1. The molecule has 0 aromatic heterocycles. The summed E-state index contributed by atoms with van der Waals surface area (Å²) in [4.78, 5) is 10.0. The normalized spacial score (nSPS) is 13.5. The molecule has 0 aliphatic carbocycles. The van der Waals surface area contributed by atoms with Crippen LogP contribution >= 0.6 is 35.0 Å². The maximum absolute atomic E-state index is 13.0. The summed E-state index contributed by atoms with van der Waals surface area (Å²) in [6.45, 7) is -0.991. The number of alkyl halides is 3. The Morgan fingerprint density at radius 1 is 1.41 bits per heavy atom. The van der Waals surface area contributed by atoms with Crippen LogP contribution in [0.1, 0.15) is 17.2 Å². The van der Waals surface area contributed by atoms with Gasteiger partial charge < -0.3 is 15.8 Å². The number of carbonyl (C=O) groups is 1. The topological polar surface area (TPSA) is 97.0 Å². The molecule has 1 aromatic carbocycles. The molecule has 1 rings (SSSR count). The average Bonchev–Trinajstić information content (AvgIpc) is 2.52. The van der Waals surface area contributed by atoms with Crippen molar-refractivity contribution in [2.45, 2.75) is 17.0 Å². The number of hydrogen-bond acceptors (Lipinski definition) is 5. The largest absolute Gasteiger partial charge is 0.386 e. The Kier molecular flexibility index (Phi) is 7.81. The molecule has 4 N–H and O–H groups in total. The zero-order valence-electron chi connectivity index (χ0n) is 11.2. The summed E-state index contributed by atoms with van der Waals surface area (Å²) in [5.41, 5.74) is 1.97. The predicted octanol–water partition coefficient (Wildman–Crippen LogP) is 2.64. The van der Waals surface area contributed by atoms with Crippen molar-refractivity contribution in [2.24, 2.45) is 0 Å². The first-order chi connectivity index (χ1) is 10.4. The lowest BCUT2D eigenvalue weighted by Crippen LogP contribution is -2.43. The summed E-state index contributed by atoms with van der Waals surface area (Å²) in [5.74, 6) is -0.786. The van der Waals surface area contributed by atoms with E-state index in [-0.39, 0.29) is 5.04 Å². The third-order valence-corrected chi connectivity index (χ3v) is 3.75. The van der Waals surface area contributed by atoms with E-state index in [2.05, 4.69) is 5.32 Å². The molecular formula is C13H14Cl2FN3O2S. The summed E-state index contributed by atoms with van der Waals surface area (Å²) < 4.78 is 13.0. The van der Waals surface area contributed by atoms with Gasteiger partial charge in [0, 0.05) is 5.56 Å². The standard InChI is InChI=1S/C13H14Cl2FN3O2S/c14-11(15)13(21)19-9(5-16)10(20)7-1-3-8(4-2-7)12(18)22-6-17/h1-4,6,9-11,17-18,20H,5H2,(H,19,21)/t9-,10-/m1/s1. The predicted molar refractivity (Wildman–Crippen MR) is 88.0 cm³/mol. The van der Waals surface area contributed by atoms with E-state index >= 15 is 0 Å². The van der Waals surface area contributed by atoms with Gasteiger partial charge in [-0.05, 0) is 5.56 Å². The van der Waals surface area contributed by atoms with Crippen molar-refractivity contribution in [1.82, 2.24) is 5.32 Å². The lowest BCUT2D eigenvalue weighted by Gasteiger charge is -2.22. The van der Waals surface area contributed by atoms with Crippen molar-refractivity contribution in [3.05, 3.63) is 35.4 Å². The molecule has 9 heteroatoms. The molecule has 120 valence electrons. The van der Waals surface area contributed by atoms with Gasteiger partial charge in [-0.3, -0.25) is 10.2 Å². The fourth-order valence-electron chi connectivity index (χ4n) is 1.64. The van der Waals surface area contributed by atoms with E-state index in [1.54, 1.807) is 12.1 Å². The van der Waals surface area contributed by atoms with Gasteiger partial charge in [-0.25, -0.2) is 4.39 Å². The number of rotatable bonds is 7. The van der Waals surface area contributed by atoms with E-state index < -0.39 is 29.6 Å². The van der Waals surface area contributed by atoms with Crippen LogP contribution < -0.4 is 5.32 Å². The Morgan fingerprint density at radius 2 is 2.00 bits per heavy atom. The van der Waals surface area contributed by atoms with Crippen molar-refractivity contribution in [3.63, 3.8) is 0 Å². The molecule has 0 heterocycles. The maximum Gasteiger partial charge on any atom is 0.253 e. The van der Waals surface area contributed by atoms with E-state index in [9.17, 15) is 14.3 Å². The molecule has 0 unspecified atom stereocenters. The van der Waals surface area contributed by atoms with E-state index in [0.717, 1.165) is 17.3 Å². The Morgan fingerprint density at radius 3 is 2.45 bits per heavy atom. The Labute approximate surface area is 141 Å². The SMILES string of the molecule is N=CSC(=N)c1ccc([C@@H](O)[C@@H](CF)NC(=O)C(Cl)Cl)cc1. The van der Waals surface area contributed by atoms with Crippen LogP contribution in [0.25, 0.3) is 0 Å². The monoisotopic (exact) mass is 365 g/mol. The van der Waals surface area contributed by atoms with Crippen molar-refractivity contribution < 1.29 is 14.3 Å². The van der Waals surface area contributed by atoms with Gasteiger partial charge in [-0.15, -0.1) is 0 Å². The Balaban J connectivity index is 2.82. The molecule has 0 aliphatic rings. The number of aliphatic hydroxyl groups is 1. The van der Waals surface area contributed by atoms with Crippen molar-refractivity contribution in [2.75, 3.05) is 6.67 Å². The fourth-order valence-corrected chi connectivity index (χ4v) is 2.15. The first-order valence-electron chi connectivity index (χ1n) is 6.07. The molecule has 5 nitrogen and oxygen atoms in total. The molecule has 0 spiro atoms. The minimum Gasteiger partial charge on any atom is -0.386 e. The molecule has 0 saturated carbocycles. The summed E-state index contributed by atoms with van der Waals surface area (Å²) in [6.07, 6.45) is -1.28.